The van der Waals surface area contributed by atoms with E-state index in [-0.39, 0.29) is 12.1 Å². The summed E-state index contributed by atoms with van der Waals surface area (Å²) >= 11 is 0. The number of likely N-dealkylation sites (N-methyl/N-ethyl adjacent to an activating group) is 1. The molecule has 1 heterocycles. The van der Waals surface area contributed by atoms with Crippen molar-refractivity contribution < 1.29 is 9.53 Å². The highest BCUT2D eigenvalue weighted by molar-refractivity contribution is 5.67. The van der Waals surface area contributed by atoms with Crippen molar-refractivity contribution in [3.05, 3.63) is 35.9 Å². The molecule has 2 aliphatic rings. The van der Waals surface area contributed by atoms with Gasteiger partial charge in [-0.1, -0.05) is 30.3 Å². The number of carbonyl (C=O) groups is 1. The van der Waals surface area contributed by atoms with E-state index in [1.165, 1.54) is 19.4 Å². The molecule has 1 aliphatic heterocycles. The molecule has 1 amide bonds. The van der Waals surface area contributed by atoms with Gasteiger partial charge in [0, 0.05) is 24.7 Å². The standard InChI is InChI=1S/C18H27N3O2/c1-21-9-5-8-17(21)12-19-15-10-16(11-15)20-18(22)23-13-14-6-3-2-4-7-14/h2-4,6-7,15-17,19H,5,8-13H2,1H3,(H,20,22). The second kappa shape index (κ2) is 7.79. The van der Waals surface area contributed by atoms with Crippen LogP contribution in [0.25, 0.3) is 0 Å². The summed E-state index contributed by atoms with van der Waals surface area (Å²) in [6, 6.07) is 11.2. The molecule has 1 atom stereocenters. The number of hydrogen-bond donors (Lipinski definition) is 2. The van der Waals surface area contributed by atoms with Gasteiger partial charge in [-0.2, -0.15) is 0 Å². The van der Waals surface area contributed by atoms with Gasteiger partial charge in [0.2, 0.25) is 0 Å². The highest BCUT2D eigenvalue weighted by Gasteiger charge is 2.31. The molecule has 1 saturated carbocycles. The molecule has 23 heavy (non-hydrogen) atoms. The number of likely N-dealkylation sites (tertiary alicyclic amines) is 1. The Kier molecular flexibility index (Phi) is 5.51. The van der Waals surface area contributed by atoms with E-state index in [9.17, 15) is 4.79 Å². The number of hydrogen-bond acceptors (Lipinski definition) is 4. The van der Waals surface area contributed by atoms with E-state index >= 15 is 0 Å². The molecule has 1 aliphatic carbocycles. The molecular formula is C18H27N3O2. The first-order chi connectivity index (χ1) is 11.2. The van der Waals surface area contributed by atoms with E-state index in [2.05, 4.69) is 22.6 Å². The van der Waals surface area contributed by atoms with Crippen molar-refractivity contribution in [3.8, 4) is 0 Å². The summed E-state index contributed by atoms with van der Waals surface area (Å²) in [4.78, 5) is 14.2. The van der Waals surface area contributed by atoms with Gasteiger partial charge in [-0.05, 0) is 44.8 Å². The first-order valence-corrected chi connectivity index (χ1v) is 8.61. The Balaban J connectivity index is 1.27. The number of nitrogens with one attached hydrogen (secondary N) is 2. The smallest absolute Gasteiger partial charge is 0.407 e. The van der Waals surface area contributed by atoms with Crippen LogP contribution in [-0.4, -0.2) is 49.3 Å². The Labute approximate surface area is 138 Å². The zero-order valence-electron chi connectivity index (χ0n) is 13.8. The quantitative estimate of drug-likeness (QED) is 0.844. The SMILES string of the molecule is CN1CCCC1CNC1CC(NC(=O)OCc2ccccc2)C1. The molecule has 0 radical (unpaired) electrons. The molecule has 3 rings (SSSR count). The van der Waals surface area contributed by atoms with Gasteiger partial charge in [-0.3, -0.25) is 0 Å². The Bertz CT molecular complexity index is 502. The van der Waals surface area contributed by atoms with Crippen LogP contribution >= 0.6 is 0 Å². The van der Waals surface area contributed by atoms with Crippen LogP contribution in [0.3, 0.4) is 0 Å². The summed E-state index contributed by atoms with van der Waals surface area (Å²) in [6.45, 7) is 2.61. The zero-order valence-corrected chi connectivity index (χ0v) is 13.8. The van der Waals surface area contributed by atoms with Crippen molar-refractivity contribution in [2.45, 2.75) is 50.4 Å². The van der Waals surface area contributed by atoms with E-state index in [4.69, 9.17) is 4.74 Å². The second-order valence-electron chi connectivity index (χ2n) is 6.76. The first-order valence-electron chi connectivity index (χ1n) is 8.61. The predicted molar refractivity (Wildman–Crippen MR) is 90.2 cm³/mol. The molecule has 5 nitrogen and oxygen atoms in total. The molecule has 126 valence electrons. The highest BCUT2D eigenvalue weighted by atomic mass is 16.5. The monoisotopic (exact) mass is 317 g/mol. The lowest BCUT2D eigenvalue weighted by molar-refractivity contribution is 0.124. The average Bonchev–Trinajstić information content (AvgIpc) is 2.93. The van der Waals surface area contributed by atoms with E-state index in [0.29, 0.717) is 18.7 Å². The van der Waals surface area contributed by atoms with Gasteiger partial charge in [-0.15, -0.1) is 0 Å². The summed E-state index contributed by atoms with van der Waals surface area (Å²) in [5.41, 5.74) is 1.01. The van der Waals surface area contributed by atoms with Crippen molar-refractivity contribution in [2.75, 3.05) is 20.1 Å². The third-order valence-electron chi connectivity index (χ3n) is 4.99. The van der Waals surface area contributed by atoms with Crippen molar-refractivity contribution in [2.24, 2.45) is 0 Å². The number of benzene rings is 1. The van der Waals surface area contributed by atoms with Crippen LogP contribution in [0.1, 0.15) is 31.2 Å². The Morgan fingerprint density at radius 1 is 1.26 bits per heavy atom. The molecule has 2 N–H and O–H groups in total. The molecule has 0 bridgehead atoms. The highest BCUT2D eigenvalue weighted by Crippen LogP contribution is 2.21. The van der Waals surface area contributed by atoms with Gasteiger partial charge in [0.25, 0.3) is 0 Å². The summed E-state index contributed by atoms with van der Waals surface area (Å²) in [5, 5.41) is 6.56. The third kappa shape index (κ3) is 4.69. The van der Waals surface area contributed by atoms with Gasteiger partial charge in [-0.25, -0.2) is 4.79 Å². The maximum absolute atomic E-state index is 11.8. The van der Waals surface area contributed by atoms with E-state index in [1.54, 1.807) is 0 Å². The van der Waals surface area contributed by atoms with Crippen LogP contribution in [-0.2, 0) is 11.3 Å². The molecular weight excluding hydrogens is 290 g/mol. The van der Waals surface area contributed by atoms with Gasteiger partial charge in [0.05, 0.1) is 0 Å². The number of carbonyl (C=O) groups excluding carboxylic acids is 1. The fraction of sp³-hybridized carbons (Fsp3) is 0.611. The van der Waals surface area contributed by atoms with Gasteiger partial charge < -0.3 is 20.3 Å². The maximum atomic E-state index is 11.8. The molecule has 5 heteroatoms. The summed E-state index contributed by atoms with van der Waals surface area (Å²) in [6.07, 6.45) is 4.29. The lowest BCUT2D eigenvalue weighted by Crippen LogP contribution is -2.54. The lowest BCUT2D eigenvalue weighted by Gasteiger charge is -2.37. The second-order valence-corrected chi connectivity index (χ2v) is 6.76. The van der Waals surface area contributed by atoms with Crippen LogP contribution < -0.4 is 10.6 Å². The summed E-state index contributed by atoms with van der Waals surface area (Å²) < 4.78 is 5.25. The summed E-state index contributed by atoms with van der Waals surface area (Å²) in [5.74, 6) is 0. The van der Waals surface area contributed by atoms with Crippen molar-refractivity contribution in [1.29, 1.82) is 0 Å². The molecule has 0 spiro atoms. The fourth-order valence-corrected chi connectivity index (χ4v) is 3.37. The Morgan fingerprint density at radius 2 is 2.04 bits per heavy atom. The van der Waals surface area contributed by atoms with Crippen LogP contribution in [0, 0.1) is 0 Å². The van der Waals surface area contributed by atoms with Crippen LogP contribution in [0.15, 0.2) is 30.3 Å². The van der Waals surface area contributed by atoms with Gasteiger partial charge in [0.15, 0.2) is 0 Å². The number of alkyl carbamates (subject to hydrolysis) is 1. The van der Waals surface area contributed by atoms with Crippen molar-refractivity contribution in [1.82, 2.24) is 15.5 Å². The molecule has 1 saturated heterocycles. The Morgan fingerprint density at radius 3 is 2.74 bits per heavy atom. The van der Waals surface area contributed by atoms with Crippen molar-refractivity contribution in [3.63, 3.8) is 0 Å². The minimum atomic E-state index is -0.312. The predicted octanol–water partition coefficient (Wildman–Crippen LogP) is 2.13. The van der Waals surface area contributed by atoms with Crippen LogP contribution in [0.4, 0.5) is 4.79 Å². The van der Waals surface area contributed by atoms with Crippen LogP contribution in [0.5, 0.6) is 0 Å². The number of ether oxygens (including phenoxy) is 1. The molecule has 0 aromatic heterocycles. The molecule has 2 fully saturated rings. The van der Waals surface area contributed by atoms with Gasteiger partial charge >= 0.3 is 6.09 Å². The van der Waals surface area contributed by atoms with E-state index in [1.807, 2.05) is 30.3 Å². The van der Waals surface area contributed by atoms with Gasteiger partial charge in [0.1, 0.15) is 6.61 Å². The normalized spacial score (nSPS) is 27.4. The number of nitrogens with zero attached hydrogens (tertiary/aromatic N) is 1. The lowest BCUT2D eigenvalue weighted by atomic mass is 9.86. The maximum Gasteiger partial charge on any atom is 0.407 e. The molecule has 1 aromatic rings. The van der Waals surface area contributed by atoms with E-state index < -0.39 is 0 Å². The number of amides is 1. The van der Waals surface area contributed by atoms with Crippen LogP contribution in [0.2, 0.25) is 0 Å². The topological polar surface area (TPSA) is 53.6 Å². The molecule has 1 aromatic carbocycles. The Hall–Kier alpha value is -1.59. The number of rotatable bonds is 6. The first kappa shape index (κ1) is 16.3. The molecule has 1 unspecified atom stereocenters. The van der Waals surface area contributed by atoms with Crippen molar-refractivity contribution >= 4 is 6.09 Å². The van der Waals surface area contributed by atoms with E-state index in [0.717, 1.165) is 24.9 Å². The average molecular weight is 317 g/mol. The fourth-order valence-electron chi connectivity index (χ4n) is 3.37. The minimum Gasteiger partial charge on any atom is -0.445 e. The minimum absolute atomic E-state index is 0.247. The summed E-state index contributed by atoms with van der Waals surface area (Å²) in [7, 11) is 2.20. The largest absolute Gasteiger partial charge is 0.445 e. The third-order valence-corrected chi connectivity index (χ3v) is 4.99. The zero-order chi connectivity index (χ0) is 16.1.